The second kappa shape index (κ2) is 15.5. The third-order valence-electron chi connectivity index (χ3n) is 8.04. The van der Waals surface area contributed by atoms with E-state index in [0.717, 1.165) is 63.1 Å². The molecule has 0 spiro atoms. The minimum Gasteiger partial charge on any atom is -0.444 e. The molecule has 4 heterocycles. The minimum absolute atomic E-state index is 0.0130. The zero-order valence-electron chi connectivity index (χ0n) is 27.5. The van der Waals surface area contributed by atoms with E-state index in [1.165, 1.54) is 0 Å². The molecule has 0 unspecified atom stereocenters. The SMILES string of the molecule is CC(=O)NCC1CCN(Cc2cc(Oc3cnc(N4CCCN(C(=O)OC(C)(C)C)CC4)nc3)nc(-c3cc(Cl)cc(Cl)c3)c2)CC1. The first-order valence-corrected chi connectivity index (χ1v) is 16.8. The largest absolute Gasteiger partial charge is 0.444 e. The van der Waals surface area contributed by atoms with Gasteiger partial charge in [0.15, 0.2) is 5.75 Å². The van der Waals surface area contributed by atoms with E-state index in [-0.39, 0.29) is 12.0 Å². The van der Waals surface area contributed by atoms with Crippen molar-refractivity contribution in [2.24, 2.45) is 5.92 Å². The van der Waals surface area contributed by atoms with Gasteiger partial charge in [-0.05, 0) is 88.9 Å². The maximum Gasteiger partial charge on any atom is 0.410 e. The van der Waals surface area contributed by atoms with Crippen molar-refractivity contribution in [3.63, 3.8) is 0 Å². The van der Waals surface area contributed by atoms with E-state index in [9.17, 15) is 9.59 Å². The third kappa shape index (κ3) is 10.4. The second-order valence-electron chi connectivity index (χ2n) is 13.1. The number of rotatable bonds is 8. The summed E-state index contributed by atoms with van der Waals surface area (Å²) in [6, 6.07) is 9.34. The molecule has 0 radical (unpaired) electrons. The quantitative estimate of drug-likeness (QED) is 0.287. The fraction of sp³-hybridized carbons (Fsp3) is 0.500. The number of carbonyl (C=O) groups is 2. The topological polar surface area (TPSA) is 113 Å². The van der Waals surface area contributed by atoms with E-state index in [1.807, 2.05) is 45.0 Å². The predicted octanol–water partition coefficient (Wildman–Crippen LogP) is 6.43. The molecule has 2 amide bonds. The molecule has 3 aromatic rings. The number of piperidine rings is 1. The molecule has 2 saturated heterocycles. The third-order valence-corrected chi connectivity index (χ3v) is 8.48. The molecule has 0 atom stereocenters. The highest BCUT2D eigenvalue weighted by atomic mass is 35.5. The number of benzene rings is 1. The Balaban J connectivity index is 1.28. The van der Waals surface area contributed by atoms with Gasteiger partial charge in [-0.2, -0.15) is 0 Å². The van der Waals surface area contributed by atoms with Crippen molar-refractivity contribution < 1.29 is 19.1 Å². The smallest absolute Gasteiger partial charge is 0.410 e. The Morgan fingerprint density at radius 1 is 0.936 bits per heavy atom. The molecule has 2 aliphatic heterocycles. The van der Waals surface area contributed by atoms with E-state index < -0.39 is 5.60 Å². The van der Waals surface area contributed by atoms with Crippen LogP contribution in [0, 0.1) is 5.92 Å². The van der Waals surface area contributed by atoms with Crippen LogP contribution in [-0.2, 0) is 16.1 Å². The maximum absolute atomic E-state index is 12.6. The number of amides is 2. The number of aromatic nitrogens is 3. The van der Waals surface area contributed by atoms with Crippen molar-refractivity contribution >= 4 is 41.2 Å². The van der Waals surface area contributed by atoms with E-state index in [2.05, 4.69) is 25.1 Å². The van der Waals surface area contributed by atoms with Gasteiger partial charge in [0.05, 0.1) is 18.1 Å². The molecule has 2 aliphatic rings. The van der Waals surface area contributed by atoms with Gasteiger partial charge < -0.3 is 24.6 Å². The summed E-state index contributed by atoms with van der Waals surface area (Å²) in [5.41, 5.74) is 1.99. The van der Waals surface area contributed by atoms with Crippen LogP contribution < -0.4 is 15.0 Å². The number of anilines is 1. The minimum atomic E-state index is -0.537. The first-order valence-electron chi connectivity index (χ1n) is 16.1. The number of halogens is 2. The molecular weight excluding hydrogens is 641 g/mol. The zero-order chi connectivity index (χ0) is 33.6. The van der Waals surface area contributed by atoms with Crippen LogP contribution in [0.3, 0.4) is 0 Å². The van der Waals surface area contributed by atoms with Crippen molar-refractivity contribution in [1.29, 1.82) is 0 Å². The number of carbonyl (C=O) groups excluding carboxylic acids is 2. The molecule has 5 rings (SSSR count). The Kier molecular flexibility index (Phi) is 11.4. The van der Waals surface area contributed by atoms with Crippen LogP contribution in [0.1, 0.15) is 52.5 Å². The Labute approximate surface area is 286 Å². The molecule has 2 aromatic heterocycles. The molecule has 11 nitrogen and oxygen atoms in total. The van der Waals surface area contributed by atoms with Crippen molar-refractivity contribution in [3.05, 3.63) is 58.3 Å². The Hall–Kier alpha value is -3.67. The summed E-state index contributed by atoms with van der Waals surface area (Å²) < 4.78 is 11.8. The van der Waals surface area contributed by atoms with E-state index in [4.69, 9.17) is 37.7 Å². The molecule has 252 valence electrons. The standard InChI is InChI=1S/C34H43Cl2N7O4/c1-23(44)37-19-24-6-10-41(11-7-24)22-25-14-30(26-16-27(35)18-28(36)17-26)40-31(15-25)46-29-20-38-32(39-21-29)42-8-5-9-43(13-12-42)33(45)47-34(2,3)4/h14-18,20-21,24H,5-13,19,22H2,1-4H3,(H,37,44). The van der Waals surface area contributed by atoms with Gasteiger partial charge in [-0.25, -0.2) is 19.7 Å². The van der Waals surface area contributed by atoms with Crippen LogP contribution in [0.2, 0.25) is 10.0 Å². The van der Waals surface area contributed by atoms with Crippen molar-refractivity contribution in [2.45, 2.75) is 59.1 Å². The summed E-state index contributed by atoms with van der Waals surface area (Å²) in [6.07, 6.45) is 5.80. The number of nitrogens with one attached hydrogen (secondary N) is 1. The molecule has 1 aromatic carbocycles. The number of ether oxygens (including phenoxy) is 2. The highest BCUT2D eigenvalue weighted by Crippen LogP contribution is 2.31. The Bertz CT molecular complexity index is 1520. The summed E-state index contributed by atoms with van der Waals surface area (Å²) >= 11 is 12.7. The Morgan fingerprint density at radius 3 is 2.30 bits per heavy atom. The van der Waals surface area contributed by atoms with Crippen LogP contribution in [0.4, 0.5) is 10.7 Å². The van der Waals surface area contributed by atoms with Crippen molar-refractivity contribution in [1.82, 2.24) is 30.1 Å². The summed E-state index contributed by atoms with van der Waals surface area (Å²) in [5, 5.41) is 3.99. The number of nitrogens with zero attached hydrogens (tertiary/aromatic N) is 6. The summed E-state index contributed by atoms with van der Waals surface area (Å²) in [5.74, 6) is 1.93. The number of hydrogen-bond donors (Lipinski definition) is 1. The highest BCUT2D eigenvalue weighted by molar-refractivity contribution is 6.35. The molecule has 2 fully saturated rings. The second-order valence-corrected chi connectivity index (χ2v) is 14.0. The van der Waals surface area contributed by atoms with Crippen LogP contribution in [0.15, 0.2) is 42.7 Å². The lowest BCUT2D eigenvalue weighted by Crippen LogP contribution is -2.39. The van der Waals surface area contributed by atoms with Gasteiger partial charge in [0, 0.05) is 67.9 Å². The summed E-state index contributed by atoms with van der Waals surface area (Å²) in [4.78, 5) is 44.1. The molecule has 47 heavy (non-hydrogen) atoms. The average molecular weight is 685 g/mol. The molecule has 0 saturated carbocycles. The lowest BCUT2D eigenvalue weighted by atomic mass is 9.96. The summed E-state index contributed by atoms with van der Waals surface area (Å²) in [7, 11) is 0. The normalized spacial score (nSPS) is 16.5. The van der Waals surface area contributed by atoms with E-state index in [1.54, 1.807) is 30.3 Å². The maximum atomic E-state index is 12.6. The Morgan fingerprint density at radius 2 is 1.64 bits per heavy atom. The van der Waals surface area contributed by atoms with E-state index >= 15 is 0 Å². The molecule has 1 N–H and O–H groups in total. The number of pyridine rings is 1. The zero-order valence-corrected chi connectivity index (χ0v) is 29.0. The predicted molar refractivity (Wildman–Crippen MR) is 183 cm³/mol. The molecule has 13 heteroatoms. The lowest BCUT2D eigenvalue weighted by Gasteiger charge is -2.32. The van der Waals surface area contributed by atoms with Gasteiger partial charge in [0.2, 0.25) is 17.7 Å². The van der Waals surface area contributed by atoms with Gasteiger partial charge in [-0.3, -0.25) is 9.69 Å². The van der Waals surface area contributed by atoms with Crippen LogP contribution in [0.25, 0.3) is 11.3 Å². The van der Waals surface area contributed by atoms with Gasteiger partial charge in [0.1, 0.15) is 5.60 Å². The molecular formula is C34H43Cl2N7O4. The van der Waals surface area contributed by atoms with Crippen LogP contribution >= 0.6 is 23.2 Å². The van der Waals surface area contributed by atoms with Gasteiger partial charge in [0.25, 0.3) is 0 Å². The fourth-order valence-corrected chi connectivity index (χ4v) is 6.25. The van der Waals surface area contributed by atoms with Gasteiger partial charge >= 0.3 is 6.09 Å². The van der Waals surface area contributed by atoms with Gasteiger partial charge in [-0.15, -0.1) is 0 Å². The van der Waals surface area contributed by atoms with Crippen molar-refractivity contribution in [3.8, 4) is 22.9 Å². The van der Waals surface area contributed by atoms with Crippen LogP contribution in [-0.4, -0.2) is 88.2 Å². The average Bonchev–Trinajstić information content (AvgIpc) is 3.26. The molecule has 0 aliphatic carbocycles. The lowest BCUT2D eigenvalue weighted by molar-refractivity contribution is -0.119. The molecule has 0 bridgehead atoms. The van der Waals surface area contributed by atoms with E-state index in [0.29, 0.717) is 58.9 Å². The summed E-state index contributed by atoms with van der Waals surface area (Å²) in [6.45, 7) is 12.9. The highest BCUT2D eigenvalue weighted by Gasteiger charge is 2.25. The monoisotopic (exact) mass is 683 g/mol. The number of hydrogen-bond acceptors (Lipinski definition) is 9. The van der Waals surface area contributed by atoms with Gasteiger partial charge in [-0.1, -0.05) is 23.2 Å². The first-order chi connectivity index (χ1) is 22.4. The van der Waals surface area contributed by atoms with Crippen LogP contribution in [0.5, 0.6) is 11.6 Å². The fourth-order valence-electron chi connectivity index (χ4n) is 5.72. The van der Waals surface area contributed by atoms with Crippen molar-refractivity contribution in [2.75, 3.05) is 50.7 Å². The number of likely N-dealkylation sites (tertiary alicyclic amines) is 1. The first kappa shape index (κ1) is 34.7.